The van der Waals surface area contributed by atoms with Crippen LogP contribution in [0.5, 0.6) is 0 Å². The van der Waals surface area contributed by atoms with Crippen LogP contribution in [-0.4, -0.2) is 13.7 Å². The number of hydrogen-bond donors (Lipinski definition) is 1. The van der Waals surface area contributed by atoms with Crippen molar-refractivity contribution in [3.8, 4) is 6.07 Å². The summed E-state index contributed by atoms with van der Waals surface area (Å²) in [5, 5.41) is 7.56. The SMILES string of the molecule is CC(NS(=O)(=O)C(C)C#N)c1cccc(Br)c1. The van der Waals surface area contributed by atoms with E-state index < -0.39 is 15.3 Å². The van der Waals surface area contributed by atoms with Crippen LogP contribution < -0.4 is 4.72 Å². The summed E-state index contributed by atoms with van der Waals surface area (Å²) in [5.41, 5.74) is 0.841. The predicted molar refractivity (Wildman–Crippen MR) is 69.7 cm³/mol. The standard InChI is InChI=1S/C11H13BrN2O2S/c1-8(7-13)17(15,16)14-9(2)10-4-3-5-11(12)6-10/h3-6,8-9,14H,1-2H3. The number of benzene rings is 1. The largest absolute Gasteiger partial charge is 0.228 e. The fourth-order valence-electron chi connectivity index (χ4n) is 1.26. The monoisotopic (exact) mass is 316 g/mol. The van der Waals surface area contributed by atoms with Gasteiger partial charge in [-0.1, -0.05) is 28.1 Å². The Kier molecular flexibility index (Phi) is 4.69. The Morgan fingerprint density at radius 2 is 2.06 bits per heavy atom. The number of nitrogens with one attached hydrogen (secondary N) is 1. The molecule has 0 aromatic heterocycles. The molecule has 2 unspecified atom stereocenters. The van der Waals surface area contributed by atoms with Gasteiger partial charge in [-0.3, -0.25) is 0 Å². The van der Waals surface area contributed by atoms with E-state index in [1.165, 1.54) is 6.92 Å². The van der Waals surface area contributed by atoms with Gasteiger partial charge < -0.3 is 0 Å². The van der Waals surface area contributed by atoms with Gasteiger partial charge in [0.15, 0.2) is 5.25 Å². The zero-order valence-corrected chi connectivity index (χ0v) is 11.9. The average Bonchev–Trinajstić information content (AvgIpc) is 2.27. The van der Waals surface area contributed by atoms with Gasteiger partial charge in [-0.15, -0.1) is 0 Å². The number of nitrogens with zero attached hydrogens (tertiary/aromatic N) is 1. The highest BCUT2D eigenvalue weighted by Crippen LogP contribution is 2.19. The zero-order chi connectivity index (χ0) is 13.1. The van der Waals surface area contributed by atoms with E-state index in [1.54, 1.807) is 13.0 Å². The van der Waals surface area contributed by atoms with Gasteiger partial charge in [0.1, 0.15) is 0 Å². The van der Waals surface area contributed by atoms with Crippen LogP contribution >= 0.6 is 15.9 Å². The van der Waals surface area contributed by atoms with Crippen molar-refractivity contribution in [2.75, 3.05) is 0 Å². The van der Waals surface area contributed by atoms with E-state index in [1.807, 2.05) is 24.3 Å². The Balaban J connectivity index is 2.88. The van der Waals surface area contributed by atoms with Gasteiger partial charge in [-0.2, -0.15) is 5.26 Å². The topological polar surface area (TPSA) is 70.0 Å². The second-order valence-corrected chi connectivity index (χ2v) is 6.66. The first-order valence-corrected chi connectivity index (χ1v) is 7.37. The molecule has 1 aromatic rings. The van der Waals surface area contributed by atoms with Gasteiger partial charge in [-0.05, 0) is 31.5 Å². The van der Waals surface area contributed by atoms with Crippen LogP contribution in [0.25, 0.3) is 0 Å². The molecule has 92 valence electrons. The highest BCUT2D eigenvalue weighted by molar-refractivity contribution is 9.10. The molecule has 0 spiro atoms. The van der Waals surface area contributed by atoms with Gasteiger partial charge in [0.05, 0.1) is 6.07 Å². The average molecular weight is 317 g/mol. The van der Waals surface area contributed by atoms with Crippen molar-refractivity contribution in [3.05, 3.63) is 34.3 Å². The Morgan fingerprint density at radius 1 is 1.41 bits per heavy atom. The molecule has 0 aliphatic carbocycles. The zero-order valence-electron chi connectivity index (χ0n) is 9.51. The van der Waals surface area contributed by atoms with Crippen molar-refractivity contribution in [3.63, 3.8) is 0 Å². The van der Waals surface area contributed by atoms with Gasteiger partial charge in [-0.25, -0.2) is 13.1 Å². The molecule has 0 amide bonds. The van der Waals surface area contributed by atoms with E-state index in [9.17, 15) is 8.42 Å². The van der Waals surface area contributed by atoms with Crippen molar-refractivity contribution in [1.82, 2.24) is 4.72 Å². The lowest BCUT2D eigenvalue weighted by molar-refractivity contribution is 0.562. The van der Waals surface area contributed by atoms with Crippen molar-refractivity contribution >= 4 is 26.0 Å². The number of halogens is 1. The van der Waals surface area contributed by atoms with Gasteiger partial charge in [0, 0.05) is 10.5 Å². The first-order valence-electron chi connectivity index (χ1n) is 5.03. The van der Waals surface area contributed by atoms with Crippen LogP contribution in [0.3, 0.4) is 0 Å². The molecule has 0 fully saturated rings. The molecular formula is C11H13BrN2O2S. The number of hydrogen-bond acceptors (Lipinski definition) is 3. The summed E-state index contributed by atoms with van der Waals surface area (Å²) in [6.45, 7) is 3.10. The van der Waals surface area contributed by atoms with Crippen molar-refractivity contribution in [1.29, 1.82) is 5.26 Å². The van der Waals surface area contributed by atoms with E-state index in [0.717, 1.165) is 10.0 Å². The summed E-state index contributed by atoms with van der Waals surface area (Å²) < 4.78 is 26.7. The third-order valence-corrected chi connectivity index (χ3v) is 4.55. The maximum Gasteiger partial charge on any atom is 0.228 e. The smallest absolute Gasteiger partial charge is 0.211 e. The fraction of sp³-hybridized carbons (Fsp3) is 0.364. The van der Waals surface area contributed by atoms with Gasteiger partial charge >= 0.3 is 0 Å². The van der Waals surface area contributed by atoms with Crippen molar-refractivity contribution in [2.24, 2.45) is 0 Å². The molecule has 0 aliphatic rings. The summed E-state index contributed by atoms with van der Waals surface area (Å²) in [4.78, 5) is 0. The molecule has 0 bridgehead atoms. The van der Waals surface area contributed by atoms with Crippen LogP contribution in [0.4, 0.5) is 0 Å². The molecule has 0 heterocycles. The maximum atomic E-state index is 11.7. The third kappa shape index (κ3) is 3.80. The first kappa shape index (κ1) is 14.2. The van der Waals surface area contributed by atoms with Gasteiger partial charge in [0.25, 0.3) is 0 Å². The van der Waals surface area contributed by atoms with Gasteiger partial charge in [0.2, 0.25) is 10.0 Å². The second kappa shape index (κ2) is 5.63. The summed E-state index contributed by atoms with van der Waals surface area (Å²) in [6.07, 6.45) is 0. The Labute approximate surface area is 110 Å². The van der Waals surface area contributed by atoms with Crippen LogP contribution in [-0.2, 0) is 10.0 Å². The minimum absolute atomic E-state index is 0.367. The van der Waals surface area contributed by atoms with E-state index in [-0.39, 0.29) is 6.04 Å². The highest BCUT2D eigenvalue weighted by Gasteiger charge is 2.22. The molecule has 4 nitrogen and oxygen atoms in total. The number of rotatable bonds is 4. The predicted octanol–water partition coefficient (Wildman–Crippen LogP) is 2.34. The van der Waals surface area contributed by atoms with E-state index in [2.05, 4.69) is 20.7 Å². The quantitative estimate of drug-likeness (QED) is 0.926. The lowest BCUT2D eigenvalue weighted by Crippen LogP contribution is -2.33. The van der Waals surface area contributed by atoms with E-state index in [4.69, 9.17) is 5.26 Å². The minimum atomic E-state index is -3.60. The molecule has 1 N–H and O–H groups in total. The van der Waals surface area contributed by atoms with Crippen molar-refractivity contribution < 1.29 is 8.42 Å². The van der Waals surface area contributed by atoms with Crippen LogP contribution in [0.2, 0.25) is 0 Å². The molecular weight excluding hydrogens is 304 g/mol. The lowest BCUT2D eigenvalue weighted by Gasteiger charge is -2.15. The summed E-state index contributed by atoms with van der Waals surface area (Å²) in [5.74, 6) is 0. The van der Waals surface area contributed by atoms with Crippen LogP contribution in [0.15, 0.2) is 28.7 Å². The molecule has 0 radical (unpaired) electrons. The molecule has 6 heteroatoms. The van der Waals surface area contributed by atoms with Crippen molar-refractivity contribution in [2.45, 2.75) is 25.1 Å². The summed E-state index contributed by atoms with van der Waals surface area (Å²) in [7, 11) is -3.60. The highest BCUT2D eigenvalue weighted by atomic mass is 79.9. The molecule has 17 heavy (non-hydrogen) atoms. The molecule has 0 saturated heterocycles. The molecule has 0 saturated carbocycles. The van der Waals surface area contributed by atoms with E-state index in [0.29, 0.717) is 0 Å². The normalized spacial score (nSPS) is 14.9. The second-order valence-electron chi connectivity index (χ2n) is 3.71. The minimum Gasteiger partial charge on any atom is -0.211 e. The maximum absolute atomic E-state index is 11.7. The summed E-state index contributed by atoms with van der Waals surface area (Å²) >= 11 is 3.32. The Bertz CT molecular complexity index is 537. The Hall–Kier alpha value is -0.900. The van der Waals surface area contributed by atoms with E-state index >= 15 is 0 Å². The molecule has 1 aromatic carbocycles. The fourth-order valence-corrected chi connectivity index (χ4v) is 2.65. The summed E-state index contributed by atoms with van der Waals surface area (Å²) in [6, 6.07) is 8.71. The lowest BCUT2D eigenvalue weighted by atomic mass is 10.1. The number of nitriles is 1. The van der Waals surface area contributed by atoms with Crippen LogP contribution in [0, 0.1) is 11.3 Å². The molecule has 1 rings (SSSR count). The number of sulfonamides is 1. The third-order valence-electron chi connectivity index (χ3n) is 2.34. The molecule has 2 atom stereocenters. The van der Waals surface area contributed by atoms with Crippen LogP contribution in [0.1, 0.15) is 25.5 Å². The Morgan fingerprint density at radius 3 is 2.59 bits per heavy atom. The molecule has 0 aliphatic heterocycles. The first-order chi connectivity index (χ1) is 7.86.